The van der Waals surface area contributed by atoms with E-state index in [-0.39, 0.29) is 5.91 Å². The zero-order valence-corrected chi connectivity index (χ0v) is 12.3. The molecule has 102 valence electrons. The maximum absolute atomic E-state index is 12.0. The van der Waals surface area contributed by atoms with Gasteiger partial charge in [-0.2, -0.15) is 16.9 Å². The van der Waals surface area contributed by atoms with E-state index in [1.165, 1.54) is 0 Å². The summed E-state index contributed by atoms with van der Waals surface area (Å²) in [6.45, 7) is 5.04. The van der Waals surface area contributed by atoms with Gasteiger partial charge in [0.25, 0.3) is 5.91 Å². The second-order valence-electron chi connectivity index (χ2n) is 5.09. The molecule has 1 aromatic carbocycles. The molecule has 0 N–H and O–H groups in total. The molecule has 19 heavy (non-hydrogen) atoms. The number of hydrogen-bond donors (Lipinski definition) is 0. The van der Waals surface area contributed by atoms with Crippen LogP contribution in [0.3, 0.4) is 0 Å². The van der Waals surface area contributed by atoms with Gasteiger partial charge < -0.3 is 0 Å². The Morgan fingerprint density at radius 3 is 2.79 bits per heavy atom. The Hall–Kier alpha value is -1.29. The van der Waals surface area contributed by atoms with Crippen molar-refractivity contribution in [2.45, 2.75) is 20.3 Å². The van der Waals surface area contributed by atoms with Gasteiger partial charge in [-0.1, -0.05) is 44.2 Å². The molecule has 1 heterocycles. The molecule has 0 spiro atoms. The average Bonchev–Trinajstić information content (AvgIpc) is 2.89. The van der Waals surface area contributed by atoms with Crippen molar-refractivity contribution in [2.24, 2.45) is 11.0 Å². The van der Waals surface area contributed by atoms with Crippen molar-refractivity contribution >= 4 is 23.4 Å². The van der Waals surface area contributed by atoms with E-state index in [0.717, 1.165) is 23.4 Å². The summed E-state index contributed by atoms with van der Waals surface area (Å²) in [4.78, 5) is 12.0. The fourth-order valence-corrected chi connectivity index (χ4v) is 2.84. The van der Waals surface area contributed by atoms with E-state index in [0.29, 0.717) is 18.2 Å². The molecule has 0 fully saturated rings. The molecule has 1 amide bonds. The molecule has 0 radical (unpaired) electrons. The predicted octanol–water partition coefficient (Wildman–Crippen LogP) is 3.01. The molecule has 0 saturated heterocycles. The summed E-state index contributed by atoms with van der Waals surface area (Å²) in [5.41, 5.74) is 2.13. The van der Waals surface area contributed by atoms with Crippen LogP contribution in [-0.4, -0.2) is 34.7 Å². The number of amides is 1. The first-order valence-electron chi connectivity index (χ1n) is 6.68. The number of carbonyl (C=O) groups is 1. The number of thioether (sulfide) groups is 1. The van der Waals surface area contributed by atoms with Gasteiger partial charge in [-0.3, -0.25) is 4.79 Å². The fourth-order valence-electron chi connectivity index (χ4n) is 1.93. The molecule has 1 aromatic rings. The molecule has 0 unspecified atom stereocenters. The van der Waals surface area contributed by atoms with E-state index in [9.17, 15) is 4.79 Å². The Labute approximate surface area is 119 Å². The summed E-state index contributed by atoms with van der Waals surface area (Å²) in [6, 6.07) is 10.1. The second kappa shape index (κ2) is 6.75. The molecule has 0 saturated carbocycles. The fraction of sp³-hybridized carbons (Fsp3) is 0.467. The Kier molecular flexibility index (Phi) is 5.02. The van der Waals surface area contributed by atoms with Crippen LogP contribution in [-0.2, 0) is 4.79 Å². The lowest BCUT2D eigenvalue weighted by Gasteiger charge is -2.11. The zero-order valence-electron chi connectivity index (χ0n) is 11.5. The van der Waals surface area contributed by atoms with Crippen molar-refractivity contribution in [1.29, 1.82) is 0 Å². The lowest BCUT2D eigenvalue weighted by molar-refractivity contribution is -0.127. The summed E-state index contributed by atoms with van der Waals surface area (Å²) in [5, 5.41) is 6.06. The molecule has 3 nitrogen and oxygen atoms in total. The highest BCUT2D eigenvalue weighted by Crippen LogP contribution is 2.15. The topological polar surface area (TPSA) is 32.7 Å². The maximum Gasteiger partial charge on any atom is 0.252 e. The molecule has 0 aromatic heterocycles. The number of carbonyl (C=O) groups excluding carboxylic acids is 1. The maximum atomic E-state index is 12.0. The van der Waals surface area contributed by atoms with Crippen molar-refractivity contribution < 1.29 is 4.79 Å². The monoisotopic (exact) mass is 276 g/mol. The molecular weight excluding hydrogens is 256 g/mol. The van der Waals surface area contributed by atoms with Crippen LogP contribution in [0.4, 0.5) is 0 Å². The smallest absolute Gasteiger partial charge is 0.252 e. The summed E-state index contributed by atoms with van der Waals surface area (Å²) < 4.78 is 0. The first-order valence-corrected chi connectivity index (χ1v) is 7.83. The van der Waals surface area contributed by atoms with E-state index in [1.807, 2.05) is 30.3 Å². The minimum Gasteiger partial charge on any atom is -0.272 e. The Morgan fingerprint density at radius 1 is 1.37 bits per heavy atom. The van der Waals surface area contributed by atoms with Crippen molar-refractivity contribution in [3.8, 4) is 0 Å². The van der Waals surface area contributed by atoms with Crippen molar-refractivity contribution in [3.63, 3.8) is 0 Å². The van der Waals surface area contributed by atoms with E-state index in [2.05, 4.69) is 18.9 Å². The summed E-state index contributed by atoms with van der Waals surface area (Å²) in [6.07, 6.45) is 0.852. The highest BCUT2D eigenvalue weighted by atomic mass is 32.2. The summed E-state index contributed by atoms with van der Waals surface area (Å²) in [5.74, 6) is 2.30. The lowest BCUT2D eigenvalue weighted by Crippen LogP contribution is -2.25. The van der Waals surface area contributed by atoms with E-state index >= 15 is 0 Å². The van der Waals surface area contributed by atoms with Gasteiger partial charge in [0.15, 0.2) is 0 Å². The lowest BCUT2D eigenvalue weighted by atomic mass is 10.1. The molecular formula is C15H20N2OS. The van der Waals surface area contributed by atoms with Gasteiger partial charge in [-0.25, -0.2) is 5.01 Å². The van der Waals surface area contributed by atoms with E-state index in [1.54, 1.807) is 16.8 Å². The normalized spacial score (nSPS) is 14.9. The van der Waals surface area contributed by atoms with Crippen LogP contribution in [0.15, 0.2) is 35.4 Å². The second-order valence-corrected chi connectivity index (χ2v) is 6.12. The zero-order chi connectivity index (χ0) is 13.7. The van der Waals surface area contributed by atoms with Gasteiger partial charge in [0.05, 0.1) is 18.0 Å². The van der Waals surface area contributed by atoms with Crippen molar-refractivity contribution in [2.75, 3.05) is 18.1 Å². The molecule has 1 aliphatic rings. The van der Waals surface area contributed by atoms with Crippen LogP contribution in [0.2, 0.25) is 0 Å². The first-order chi connectivity index (χ1) is 9.16. The summed E-state index contributed by atoms with van der Waals surface area (Å²) in [7, 11) is 0. The van der Waals surface area contributed by atoms with Crippen molar-refractivity contribution in [1.82, 2.24) is 5.01 Å². The van der Waals surface area contributed by atoms with Gasteiger partial charge in [0.1, 0.15) is 0 Å². The SMILES string of the molecule is CC(C)CSCC(=O)N1CCC(c2ccccc2)=N1. The highest BCUT2D eigenvalue weighted by molar-refractivity contribution is 7.99. The first kappa shape index (κ1) is 14.1. The molecule has 4 heteroatoms. The highest BCUT2D eigenvalue weighted by Gasteiger charge is 2.21. The summed E-state index contributed by atoms with van der Waals surface area (Å²) >= 11 is 1.69. The van der Waals surface area contributed by atoms with Crippen LogP contribution in [0.5, 0.6) is 0 Å². The van der Waals surface area contributed by atoms with Crippen LogP contribution < -0.4 is 0 Å². The van der Waals surface area contributed by atoms with Crippen LogP contribution in [0, 0.1) is 5.92 Å². The van der Waals surface area contributed by atoms with Gasteiger partial charge in [-0.05, 0) is 17.2 Å². The standard InChI is InChI=1S/C15H20N2OS/c1-12(2)10-19-11-15(18)17-9-8-14(16-17)13-6-4-3-5-7-13/h3-7,12H,8-11H2,1-2H3. The number of nitrogens with zero attached hydrogens (tertiary/aromatic N) is 2. The van der Waals surface area contributed by atoms with Gasteiger partial charge >= 0.3 is 0 Å². The van der Waals surface area contributed by atoms with Gasteiger partial charge in [-0.15, -0.1) is 0 Å². The Balaban J connectivity index is 1.90. The molecule has 0 aliphatic carbocycles. The number of benzene rings is 1. The van der Waals surface area contributed by atoms with Crippen LogP contribution >= 0.6 is 11.8 Å². The third-order valence-electron chi connectivity index (χ3n) is 2.87. The number of hydrogen-bond acceptors (Lipinski definition) is 3. The minimum atomic E-state index is 0.122. The molecule has 0 atom stereocenters. The van der Waals surface area contributed by atoms with Gasteiger partial charge in [0.2, 0.25) is 0 Å². The van der Waals surface area contributed by atoms with E-state index < -0.39 is 0 Å². The third kappa shape index (κ3) is 4.10. The largest absolute Gasteiger partial charge is 0.272 e. The predicted molar refractivity (Wildman–Crippen MR) is 81.5 cm³/mol. The Morgan fingerprint density at radius 2 is 2.11 bits per heavy atom. The molecule has 2 rings (SSSR count). The van der Waals surface area contributed by atoms with E-state index in [4.69, 9.17) is 0 Å². The Bertz CT molecular complexity index is 456. The van der Waals surface area contributed by atoms with Crippen LogP contribution in [0.1, 0.15) is 25.8 Å². The quantitative estimate of drug-likeness (QED) is 0.828. The molecule has 0 bridgehead atoms. The number of rotatable bonds is 5. The number of hydrazone groups is 1. The van der Waals surface area contributed by atoms with Crippen molar-refractivity contribution in [3.05, 3.63) is 35.9 Å². The third-order valence-corrected chi connectivity index (χ3v) is 4.23. The minimum absolute atomic E-state index is 0.122. The van der Waals surface area contributed by atoms with Gasteiger partial charge in [0, 0.05) is 6.42 Å². The molecule has 1 aliphatic heterocycles. The van der Waals surface area contributed by atoms with Crippen LogP contribution in [0.25, 0.3) is 0 Å². The average molecular weight is 276 g/mol.